The van der Waals surface area contributed by atoms with Crippen LogP contribution in [0, 0.1) is 0 Å². The molecule has 0 saturated heterocycles. The number of rotatable bonds is 3. The summed E-state index contributed by atoms with van der Waals surface area (Å²) in [6.45, 7) is 4.13. The van der Waals surface area contributed by atoms with Crippen LogP contribution < -0.4 is 5.73 Å². The third-order valence-electron chi connectivity index (χ3n) is 1.82. The Morgan fingerprint density at radius 2 is 2.25 bits per heavy atom. The number of nitrogens with two attached hydrogens (primary N) is 1. The maximum atomic E-state index is 5.69. The summed E-state index contributed by atoms with van der Waals surface area (Å²) in [5.74, 6) is 1.38. The lowest BCUT2D eigenvalue weighted by Gasteiger charge is -2.11. The Balaban J connectivity index is 2.65. The van der Waals surface area contributed by atoms with E-state index in [1.807, 2.05) is 13.0 Å². The highest BCUT2D eigenvalue weighted by Crippen LogP contribution is 2.28. The van der Waals surface area contributed by atoms with Gasteiger partial charge in [0.2, 0.25) is 0 Å². The van der Waals surface area contributed by atoms with E-state index in [4.69, 9.17) is 10.2 Å². The monoisotopic (exact) mass is 231 g/mol. The fraction of sp³-hybridized carbons (Fsp3) is 0.556. The average molecular weight is 232 g/mol. The van der Waals surface area contributed by atoms with E-state index in [2.05, 4.69) is 22.9 Å². The number of hydrogen-bond donors (Lipinski definition) is 1. The molecule has 1 rings (SSSR count). The minimum Gasteiger partial charge on any atom is -0.468 e. The lowest BCUT2D eigenvalue weighted by atomic mass is 10.0. The molecule has 0 fully saturated rings. The molecule has 0 aliphatic carbocycles. The second-order valence-electron chi connectivity index (χ2n) is 3.25. The highest BCUT2D eigenvalue weighted by Gasteiger charge is 2.13. The van der Waals surface area contributed by atoms with Gasteiger partial charge in [0.1, 0.15) is 5.76 Å². The summed E-state index contributed by atoms with van der Waals surface area (Å²) in [5, 5.41) is 0. The summed E-state index contributed by atoms with van der Waals surface area (Å²) in [5.41, 5.74) is 5.69. The second-order valence-corrected chi connectivity index (χ2v) is 4.10. The quantitative estimate of drug-likeness (QED) is 0.870. The molecule has 1 aromatic rings. The first kappa shape index (κ1) is 9.81. The molecule has 2 nitrogen and oxygen atoms in total. The molecule has 1 heterocycles. The Labute approximate surface area is 81.3 Å². The smallest absolute Gasteiger partial charge is 0.120 e. The molecule has 3 heteroatoms. The zero-order valence-electron chi connectivity index (χ0n) is 7.38. The van der Waals surface area contributed by atoms with Crippen LogP contribution in [0.3, 0.4) is 0 Å². The zero-order valence-corrected chi connectivity index (χ0v) is 8.97. The molecule has 0 aliphatic heterocycles. The van der Waals surface area contributed by atoms with Crippen LogP contribution in [0.2, 0.25) is 0 Å². The van der Waals surface area contributed by atoms with Crippen LogP contribution in [0.5, 0.6) is 0 Å². The zero-order chi connectivity index (χ0) is 9.14. The second kappa shape index (κ2) is 4.10. The summed E-state index contributed by atoms with van der Waals surface area (Å²) in [6, 6.07) is 2.13. The van der Waals surface area contributed by atoms with Crippen LogP contribution in [0.15, 0.2) is 21.2 Å². The predicted octanol–water partition coefficient (Wildman–Crippen LogP) is 2.88. The van der Waals surface area contributed by atoms with Gasteiger partial charge < -0.3 is 10.2 Å². The van der Waals surface area contributed by atoms with E-state index in [1.54, 1.807) is 6.26 Å². The van der Waals surface area contributed by atoms with Gasteiger partial charge in [-0.05, 0) is 35.3 Å². The Kier molecular flexibility index (Phi) is 3.35. The molecule has 0 aromatic carbocycles. The highest BCUT2D eigenvalue weighted by atomic mass is 79.9. The molecule has 0 radical (unpaired) electrons. The Morgan fingerprint density at radius 3 is 2.67 bits per heavy atom. The van der Waals surface area contributed by atoms with Crippen molar-refractivity contribution in [1.29, 1.82) is 0 Å². The fourth-order valence-electron chi connectivity index (χ4n) is 1.32. The Hall–Kier alpha value is -0.280. The summed E-state index contributed by atoms with van der Waals surface area (Å²) >= 11 is 3.42. The normalized spacial score (nSPS) is 16.0. The van der Waals surface area contributed by atoms with Crippen LogP contribution >= 0.6 is 15.9 Å². The van der Waals surface area contributed by atoms with Crippen LogP contribution in [0.4, 0.5) is 0 Å². The van der Waals surface area contributed by atoms with Crippen LogP contribution in [0.25, 0.3) is 0 Å². The topological polar surface area (TPSA) is 39.2 Å². The van der Waals surface area contributed by atoms with Crippen molar-refractivity contribution < 1.29 is 4.42 Å². The molecule has 2 N–H and O–H groups in total. The Bertz CT molecular complexity index is 244. The molecule has 0 aliphatic rings. The number of halogens is 1. The first-order valence-corrected chi connectivity index (χ1v) is 4.89. The molecular weight excluding hydrogens is 218 g/mol. The van der Waals surface area contributed by atoms with Crippen molar-refractivity contribution in [3.8, 4) is 0 Å². The molecule has 0 amide bonds. The molecule has 0 spiro atoms. The van der Waals surface area contributed by atoms with Crippen molar-refractivity contribution in [1.82, 2.24) is 0 Å². The van der Waals surface area contributed by atoms with Gasteiger partial charge in [0.25, 0.3) is 0 Å². The van der Waals surface area contributed by atoms with Crippen molar-refractivity contribution in [2.24, 2.45) is 5.73 Å². The van der Waals surface area contributed by atoms with Crippen molar-refractivity contribution in [2.45, 2.75) is 32.2 Å². The van der Waals surface area contributed by atoms with Gasteiger partial charge in [0.15, 0.2) is 0 Å². The molecular formula is C9H14BrNO. The average Bonchev–Trinajstić information content (AvgIpc) is 2.33. The number of hydrogen-bond acceptors (Lipinski definition) is 2. The van der Waals surface area contributed by atoms with Gasteiger partial charge >= 0.3 is 0 Å². The molecule has 1 aromatic heterocycles. The van der Waals surface area contributed by atoms with E-state index in [9.17, 15) is 0 Å². The van der Waals surface area contributed by atoms with E-state index in [1.165, 1.54) is 0 Å². The van der Waals surface area contributed by atoms with E-state index < -0.39 is 0 Å². The van der Waals surface area contributed by atoms with E-state index in [0.29, 0.717) is 5.92 Å². The van der Waals surface area contributed by atoms with Gasteiger partial charge in [-0.15, -0.1) is 0 Å². The summed E-state index contributed by atoms with van der Waals surface area (Å²) in [7, 11) is 0. The molecule has 0 bridgehead atoms. The summed E-state index contributed by atoms with van der Waals surface area (Å²) in [6.07, 6.45) is 2.64. The maximum absolute atomic E-state index is 5.69. The number of furan rings is 1. The van der Waals surface area contributed by atoms with Gasteiger partial charge in [-0.1, -0.05) is 6.92 Å². The first-order valence-electron chi connectivity index (χ1n) is 4.09. The third kappa shape index (κ3) is 2.35. The van der Waals surface area contributed by atoms with Gasteiger partial charge in [-0.2, -0.15) is 0 Å². The summed E-state index contributed by atoms with van der Waals surface area (Å²) in [4.78, 5) is 0. The standard InChI is InChI=1S/C9H14BrNO/c1-6(5-7(2)11)9-8(10)3-4-12-9/h3-4,6-7H,5,11H2,1-2H3. The third-order valence-corrected chi connectivity index (χ3v) is 2.47. The van der Waals surface area contributed by atoms with Crippen molar-refractivity contribution in [3.63, 3.8) is 0 Å². The van der Waals surface area contributed by atoms with Crippen molar-refractivity contribution in [2.75, 3.05) is 0 Å². The lowest BCUT2D eigenvalue weighted by Crippen LogP contribution is -2.17. The fourth-order valence-corrected chi connectivity index (χ4v) is 1.91. The summed E-state index contributed by atoms with van der Waals surface area (Å²) < 4.78 is 6.36. The minimum atomic E-state index is 0.219. The van der Waals surface area contributed by atoms with Crippen molar-refractivity contribution in [3.05, 3.63) is 22.6 Å². The predicted molar refractivity (Wildman–Crippen MR) is 53.1 cm³/mol. The first-order chi connectivity index (χ1) is 5.61. The van der Waals surface area contributed by atoms with Gasteiger partial charge in [-0.3, -0.25) is 0 Å². The van der Waals surface area contributed by atoms with Gasteiger partial charge in [0, 0.05) is 12.0 Å². The minimum absolute atomic E-state index is 0.219. The largest absolute Gasteiger partial charge is 0.468 e. The molecule has 0 saturated carbocycles. The van der Waals surface area contributed by atoms with E-state index in [0.717, 1.165) is 16.7 Å². The SMILES string of the molecule is CC(N)CC(C)c1occc1Br. The van der Waals surface area contributed by atoms with E-state index in [-0.39, 0.29) is 6.04 Å². The van der Waals surface area contributed by atoms with Crippen LogP contribution in [0.1, 0.15) is 31.9 Å². The van der Waals surface area contributed by atoms with Crippen LogP contribution in [-0.2, 0) is 0 Å². The molecule has 2 unspecified atom stereocenters. The highest BCUT2D eigenvalue weighted by molar-refractivity contribution is 9.10. The Morgan fingerprint density at radius 1 is 1.58 bits per heavy atom. The van der Waals surface area contributed by atoms with Gasteiger partial charge in [0.05, 0.1) is 10.7 Å². The maximum Gasteiger partial charge on any atom is 0.120 e. The molecule has 12 heavy (non-hydrogen) atoms. The van der Waals surface area contributed by atoms with Crippen LogP contribution in [-0.4, -0.2) is 6.04 Å². The van der Waals surface area contributed by atoms with E-state index >= 15 is 0 Å². The molecule has 68 valence electrons. The lowest BCUT2D eigenvalue weighted by molar-refractivity contribution is 0.443. The van der Waals surface area contributed by atoms with Crippen molar-refractivity contribution >= 4 is 15.9 Å². The van der Waals surface area contributed by atoms with Gasteiger partial charge in [-0.25, -0.2) is 0 Å². The molecule has 2 atom stereocenters.